The monoisotopic (exact) mass is 277 g/mol. The summed E-state index contributed by atoms with van der Waals surface area (Å²) in [6.45, 7) is 1.52. The van der Waals surface area contributed by atoms with Crippen LogP contribution in [-0.2, 0) is 19.4 Å². The average molecular weight is 277 g/mol. The number of carbonyl (C=O) groups is 1. The van der Waals surface area contributed by atoms with Gasteiger partial charge in [-0.05, 0) is 25.7 Å². The van der Waals surface area contributed by atoms with Gasteiger partial charge in [-0.1, -0.05) is 0 Å². The maximum Gasteiger partial charge on any atom is 0.223 e. The summed E-state index contributed by atoms with van der Waals surface area (Å²) in [7, 11) is -1.33. The first-order valence-electron chi connectivity index (χ1n) is 6.42. The highest BCUT2D eigenvalue weighted by Crippen LogP contribution is 2.16. The minimum Gasteiger partial charge on any atom is -0.378 e. The van der Waals surface area contributed by atoms with E-state index in [2.05, 4.69) is 0 Å². The highest BCUT2D eigenvalue weighted by molar-refractivity contribution is 7.90. The second kappa shape index (κ2) is 7.09. The van der Waals surface area contributed by atoms with Gasteiger partial charge in [-0.15, -0.1) is 0 Å². The van der Waals surface area contributed by atoms with Crippen molar-refractivity contribution in [3.63, 3.8) is 0 Å². The van der Waals surface area contributed by atoms with Crippen molar-refractivity contribution < 1.29 is 17.9 Å². The van der Waals surface area contributed by atoms with Gasteiger partial charge in [0.2, 0.25) is 5.91 Å². The molecule has 0 spiro atoms. The molecule has 1 amide bonds. The smallest absolute Gasteiger partial charge is 0.223 e. The molecule has 0 aliphatic carbocycles. The van der Waals surface area contributed by atoms with E-state index in [0.29, 0.717) is 12.6 Å². The molecule has 1 atom stereocenters. The third kappa shape index (κ3) is 6.35. The summed E-state index contributed by atoms with van der Waals surface area (Å²) in [6, 6.07) is 0. The maximum absolute atomic E-state index is 11.6. The van der Waals surface area contributed by atoms with Gasteiger partial charge < -0.3 is 9.64 Å². The molecule has 1 unspecified atom stereocenters. The largest absolute Gasteiger partial charge is 0.378 e. The van der Waals surface area contributed by atoms with Gasteiger partial charge in [-0.2, -0.15) is 0 Å². The van der Waals surface area contributed by atoms with E-state index in [0.717, 1.165) is 38.5 Å². The van der Waals surface area contributed by atoms with Gasteiger partial charge in [-0.3, -0.25) is 4.79 Å². The summed E-state index contributed by atoms with van der Waals surface area (Å²) in [6.07, 6.45) is 5.71. The van der Waals surface area contributed by atoms with Crippen molar-refractivity contribution in [2.45, 2.75) is 38.2 Å². The topological polar surface area (TPSA) is 63.7 Å². The Morgan fingerprint density at radius 1 is 1.44 bits per heavy atom. The molecule has 18 heavy (non-hydrogen) atoms. The maximum atomic E-state index is 11.6. The first-order valence-corrected chi connectivity index (χ1v) is 8.48. The lowest BCUT2D eigenvalue weighted by Gasteiger charge is -2.18. The predicted octanol–water partition coefficient (Wildman–Crippen LogP) is 0.839. The lowest BCUT2D eigenvalue weighted by Crippen LogP contribution is -2.29. The van der Waals surface area contributed by atoms with Crippen LogP contribution in [0.1, 0.15) is 32.1 Å². The van der Waals surface area contributed by atoms with Crippen LogP contribution >= 0.6 is 0 Å². The summed E-state index contributed by atoms with van der Waals surface area (Å²) in [4.78, 5) is 13.3. The van der Waals surface area contributed by atoms with Crippen LogP contribution in [0.4, 0.5) is 0 Å². The van der Waals surface area contributed by atoms with Crippen LogP contribution in [0.5, 0.6) is 0 Å². The Morgan fingerprint density at radius 2 is 2.17 bits per heavy atom. The van der Waals surface area contributed by atoms with E-state index in [1.807, 2.05) is 0 Å². The Morgan fingerprint density at radius 3 is 2.72 bits per heavy atom. The molecule has 106 valence electrons. The van der Waals surface area contributed by atoms with E-state index in [-0.39, 0.29) is 18.1 Å². The number of amides is 1. The van der Waals surface area contributed by atoms with Crippen molar-refractivity contribution in [3.8, 4) is 0 Å². The Hall–Kier alpha value is -0.620. The van der Waals surface area contributed by atoms with Crippen LogP contribution < -0.4 is 0 Å². The van der Waals surface area contributed by atoms with Gasteiger partial charge in [0.15, 0.2) is 0 Å². The number of hydrogen-bond donors (Lipinski definition) is 0. The molecule has 1 saturated heterocycles. The first-order chi connectivity index (χ1) is 8.38. The second-order valence-electron chi connectivity index (χ2n) is 4.97. The van der Waals surface area contributed by atoms with Crippen LogP contribution in [0.15, 0.2) is 0 Å². The summed E-state index contributed by atoms with van der Waals surface area (Å²) in [5.74, 6) is -0.171. The lowest BCUT2D eigenvalue weighted by atomic mass is 10.1. The average Bonchev–Trinajstić information content (AvgIpc) is 2.77. The van der Waals surface area contributed by atoms with E-state index in [4.69, 9.17) is 4.74 Å². The van der Waals surface area contributed by atoms with Gasteiger partial charge in [0.25, 0.3) is 0 Å². The molecule has 0 saturated carbocycles. The quantitative estimate of drug-likeness (QED) is 0.692. The van der Waals surface area contributed by atoms with E-state index >= 15 is 0 Å². The Balaban J connectivity index is 2.14. The molecule has 0 bridgehead atoms. The molecule has 1 aliphatic rings. The van der Waals surface area contributed by atoms with Gasteiger partial charge >= 0.3 is 0 Å². The SMILES string of the molecule is CN(CCCC1CCCO1)C(=O)CCS(C)(=O)=O. The molecule has 0 aromatic carbocycles. The molecule has 1 rings (SSSR count). The predicted molar refractivity (Wildman–Crippen MR) is 70.2 cm³/mol. The van der Waals surface area contributed by atoms with Crippen LogP contribution in [-0.4, -0.2) is 57.5 Å². The number of ether oxygens (including phenoxy) is 1. The zero-order valence-corrected chi connectivity index (χ0v) is 12.0. The van der Waals surface area contributed by atoms with Crippen molar-refractivity contribution in [1.29, 1.82) is 0 Å². The van der Waals surface area contributed by atoms with Crippen LogP contribution in [0.25, 0.3) is 0 Å². The zero-order valence-electron chi connectivity index (χ0n) is 11.2. The number of nitrogens with zero attached hydrogens (tertiary/aromatic N) is 1. The molecule has 6 heteroatoms. The molecule has 0 radical (unpaired) electrons. The Kier molecular flexibility index (Phi) is 6.08. The molecular weight excluding hydrogens is 254 g/mol. The summed E-state index contributed by atoms with van der Waals surface area (Å²) in [5, 5.41) is 0. The first kappa shape index (κ1) is 15.4. The Labute approximate surface area is 109 Å². The molecule has 1 heterocycles. The number of rotatable bonds is 7. The van der Waals surface area contributed by atoms with Crippen LogP contribution in [0, 0.1) is 0 Å². The minimum absolute atomic E-state index is 0.0676. The third-order valence-electron chi connectivity index (χ3n) is 3.16. The van der Waals surface area contributed by atoms with E-state index in [1.165, 1.54) is 0 Å². The van der Waals surface area contributed by atoms with Crippen molar-refractivity contribution in [3.05, 3.63) is 0 Å². The fraction of sp³-hybridized carbons (Fsp3) is 0.917. The van der Waals surface area contributed by atoms with E-state index < -0.39 is 9.84 Å². The summed E-state index contributed by atoms with van der Waals surface area (Å²) >= 11 is 0. The van der Waals surface area contributed by atoms with Crippen LogP contribution in [0.2, 0.25) is 0 Å². The van der Waals surface area contributed by atoms with E-state index in [1.54, 1.807) is 11.9 Å². The fourth-order valence-electron chi connectivity index (χ4n) is 2.02. The van der Waals surface area contributed by atoms with Crippen LogP contribution in [0.3, 0.4) is 0 Å². The van der Waals surface area contributed by atoms with Gasteiger partial charge in [0, 0.05) is 32.9 Å². The van der Waals surface area contributed by atoms with Crippen molar-refractivity contribution in [2.75, 3.05) is 32.2 Å². The molecule has 1 fully saturated rings. The van der Waals surface area contributed by atoms with Crippen molar-refractivity contribution in [1.82, 2.24) is 4.90 Å². The minimum atomic E-state index is -3.05. The number of sulfone groups is 1. The van der Waals surface area contributed by atoms with Crippen molar-refractivity contribution >= 4 is 15.7 Å². The van der Waals surface area contributed by atoms with Gasteiger partial charge in [0.1, 0.15) is 9.84 Å². The fourth-order valence-corrected chi connectivity index (χ4v) is 2.56. The normalized spacial score (nSPS) is 20.0. The number of carbonyl (C=O) groups excluding carboxylic acids is 1. The molecule has 0 N–H and O–H groups in total. The number of hydrogen-bond acceptors (Lipinski definition) is 4. The summed E-state index contributed by atoms with van der Waals surface area (Å²) < 4.78 is 27.4. The second-order valence-corrected chi connectivity index (χ2v) is 7.23. The zero-order chi connectivity index (χ0) is 13.6. The van der Waals surface area contributed by atoms with Gasteiger partial charge in [0.05, 0.1) is 11.9 Å². The third-order valence-corrected chi connectivity index (χ3v) is 4.10. The highest BCUT2D eigenvalue weighted by Gasteiger charge is 2.16. The molecule has 0 aromatic rings. The van der Waals surface area contributed by atoms with Crippen molar-refractivity contribution in [2.24, 2.45) is 0 Å². The van der Waals surface area contributed by atoms with E-state index in [9.17, 15) is 13.2 Å². The standard InChI is InChI=1S/C12H23NO4S/c1-13(12(14)7-10-18(2,15)16)8-3-5-11-6-4-9-17-11/h11H,3-10H2,1-2H3. The molecular formula is C12H23NO4S. The van der Waals surface area contributed by atoms with Gasteiger partial charge in [-0.25, -0.2) is 8.42 Å². The molecule has 5 nitrogen and oxygen atoms in total. The molecule has 0 aromatic heterocycles. The molecule has 1 aliphatic heterocycles. The highest BCUT2D eigenvalue weighted by atomic mass is 32.2. The Bertz CT molecular complexity index is 360. The lowest BCUT2D eigenvalue weighted by molar-refractivity contribution is -0.129. The summed E-state index contributed by atoms with van der Waals surface area (Å²) in [5.41, 5.74) is 0.